The molecule has 0 fully saturated rings. The molecule has 20 heavy (non-hydrogen) atoms. The van der Waals surface area contributed by atoms with E-state index in [0.717, 1.165) is 0 Å². The Bertz CT molecular complexity index is 754. The Hall–Kier alpha value is -1.32. The molecule has 0 saturated carbocycles. The molecule has 0 bridgehead atoms. The first-order valence-electron chi connectivity index (χ1n) is 5.84. The summed E-state index contributed by atoms with van der Waals surface area (Å²) in [4.78, 5) is 3.96. The van der Waals surface area contributed by atoms with Gasteiger partial charge in [0.1, 0.15) is 4.90 Å². The van der Waals surface area contributed by atoms with Gasteiger partial charge in [-0.15, -0.1) is 0 Å². The fourth-order valence-corrected chi connectivity index (χ4v) is 3.90. The van der Waals surface area contributed by atoms with Crippen molar-refractivity contribution >= 4 is 31.9 Å². The quantitative estimate of drug-likeness (QED) is 0.865. The second-order valence-electron chi connectivity index (χ2n) is 4.55. The molecule has 1 N–H and O–H groups in total. The normalized spacial score (nSPS) is 15.3. The van der Waals surface area contributed by atoms with Crippen LogP contribution in [0.15, 0.2) is 21.7 Å². The number of rotatable bonds is 5. The van der Waals surface area contributed by atoms with Crippen molar-refractivity contribution in [1.29, 1.82) is 0 Å². The van der Waals surface area contributed by atoms with Gasteiger partial charge in [0.15, 0.2) is 0 Å². The number of aryl methyl sites for hydroxylation is 1. The first-order valence-corrected chi connectivity index (χ1v) is 9.05. The number of sulfonamides is 1. The second kappa shape index (κ2) is 5.58. The van der Waals surface area contributed by atoms with Crippen LogP contribution in [-0.4, -0.2) is 40.8 Å². The van der Waals surface area contributed by atoms with Crippen LogP contribution in [0.2, 0.25) is 0 Å². The maximum atomic E-state index is 12.2. The molecule has 0 radical (unpaired) electrons. The summed E-state index contributed by atoms with van der Waals surface area (Å²) in [7, 11) is -4.78. The van der Waals surface area contributed by atoms with E-state index >= 15 is 0 Å². The Balaban J connectivity index is 2.31. The van der Waals surface area contributed by atoms with Crippen LogP contribution in [0.5, 0.6) is 0 Å². The lowest BCUT2D eigenvalue weighted by Gasteiger charge is -2.12. The van der Waals surface area contributed by atoms with Gasteiger partial charge in [0, 0.05) is 28.9 Å². The molecule has 0 saturated heterocycles. The third kappa shape index (κ3) is 3.22. The molecule has 9 heteroatoms. The standard InChI is InChI=1S/C11H15N3O4S2/c1-7(6-19(3)15)14-20(16,17)9-4-10-8(2)13-18-11(10)12-5-9/h4-5,7,14H,6H2,1-3H3. The third-order valence-electron chi connectivity index (χ3n) is 2.64. The van der Waals surface area contributed by atoms with Crippen molar-refractivity contribution in [2.24, 2.45) is 0 Å². The lowest BCUT2D eigenvalue weighted by Crippen LogP contribution is -2.36. The van der Waals surface area contributed by atoms with Crippen molar-refractivity contribution in [3.63, 3.8) is 0 Å². The summed E-state index contributed by atoms with van der Waals surface area (Å²) in [6.45, 7) is 3.37. The molecular formula is C11H15N3O4S2. The smallest absolute Gasteiger partial charge is 0.257 e. The van der Waals surface area contributed by atoms with Crippen LogP contribution in [-0.2, 0) is 20.8 Å². The van der Waals surface area contributed by atoms with Crippen molar-refractivity contribution in [3.8, 4) is 0 Å². The van der Waals surface area contributed by atoms with Crippen LogP contribution in [0.4, 0.5) is 0 Å². The zero-order valence-corrected chi connectivity index (χ0v) is 12.9. The number of hydrogen-bond donors (Lipinski definition) is 1. The summed E-state index contributed by atoms with van der Waals surface area (Å²) in [5, 5.41) is 4.28. The van der Waals surface area contributed by atoms with Gasteiger partial charge in [0.05, 0.1) is 17.3 Å². The predicted octanol–water partition coefficient (Wildman–Crippen LogP) is 0.577. The van der Waals surface area contributed by atoms with E-state index in [0.29, 0.717) is 16.8 Å². The summed E-state index contributed by atoms with van der Waals surface area (Å²) in [6.07, 6.45) is 2.74. The molecule has 2 aromatic rings. The minimum absolute atomic E-state index is 0.0324. The highest BCUT2D eigenvalue weighted by molar-refractivity contribution is 7.89. The number of fused-ring (bicyclic) bond motifs is 1. The van der Waals surface area contributed by atoms with Gasteiger partial charge in [0.25, 0.3) is 5.71 Å². The largest absolute Gasteiger partial charge is 0.336 e. The van der Waals surface area contributed by atoms with Gasteiger partial charge >= 0.3 is 0 Å². The fourth-order valence-electron chi connectivity index (χ4n) is 1.79. The zero-order chi connectivity index (χ0) is 14.9. The number of nitrogens with one attached hydrogen (secondary N) is 1. The SMILES string of the molecule is Cc1noc2ncc(S(=O)(=O)NC(C)CS(C)=O)cc12. The Labute approximate surface area is 119 Å². The predicted molar refractivity (Wildman–Crippen MR) is 75.3 cm³/mol. The lowest BCUT2D eigenvalue weighted by molar-refractivity contribution is 0.442. The number of aromatic nitrogens is 2. The maximum Gasteiger partial charge on any atom is 0.257 e. The van der Waals surface area contributed by atoms with Crippen LogP contribution in [0.3, 0.4) is 0 Å². The fraction of sp³-hybridized carbons (Fsp3) is 0.455. The summed E-state index contributed by atoms with van der Waals surface area (Å²) in [5.74, 6) is 0.251. The van der Waals surface area contributed by atoms with Crippen LogP contribution in [0.1, 0.15) is 12.6 Å². The first kappa shape index (κ1) is 15.1. The molecule has 110 valence electrons. The number of pyridine rings is 1. The van der Waals surface area contributed by atoms with E-state index in [-0.39, 0.29) is 10.6 Å². The van der Waals surface area contributed by atoms with E-state index in [1.54, 1.807) is 13.8 Å². The van der Waals surface area contributed by atoms with Crippen LogP contribution in [0.25, 0.3) is 11.1 Å². The van der Waals surface area contributed by atoms with E-state index in [2.05, 4.69) is 14.9 Å². The van der Waals surface area contributed by atoms with E-state index in [1.165, 1.54) is 18.5 Å². The summed E-state index contributed by atoms with van der Waals surface area (Å²) >= 11 is 0. The van der Waals surface area contributed by atoms with Gasteiger partial charge in [0.2, 0.25) is 10.0 Å². The van der Waals surface area contributed by atoms with Gasteiger partial charge < -0.3 is 4.52 Å². The highest BCUT2D eigenvalue weighted by atomic mass is 32.2. The molecule has 0 spiro atoms. The minimum atomic E-state index is -3.71. The molecule has 2 rings (SSSR count). The lowest BCUT2D eigenvalue weighted by atomic mass is 10.3. The average Bonchev–Trinajstić information content (AvgIpc) is 2.69. The van der Waals surface area contributed by atoms with Crippen LogP contribution < -0.4 is 4.72 Å². The van der Waals surface area contributed by atoms with Crippen molar-refractivity contribution < 1.29 is 17.1 Å². The zero-order valence-electron chi connectivity index (χ0n) is 11.3. The molecule has 2 atom stereocenters. The molecule has 0 aliphatic carbocycles. The molecule has 2 unspecified atom stereocenters. The minimum Gasteiger partial charge on any atom is -0.336 e. The molecule has 0 aliphatic heterocycles. The molecule has 0 amide bonds. The van der Waals surface area contributed by atoms with Gasteiger partial charge in [-0.3, -0.25) is 4.21 Å². The van der Waals surface area contributed by atoms with E-state index in [1.807, 2.05) is 0 Å². The first-order chi connectivity index (χ1) is 9.29. The molecule has 0 aliphatic rings. The van der Waals surface area contributed by atoms with Gasteiger partial charge in [-0.2, -0.15) is 0 Å². The highest BCUT2D eigenvalue weighted by Gasteiger charge is 2.20. The van der Waals surface area contributed by atoms with Crippen molar-refractivity contribution in [3.05, 3.63) is 18.0 Å². The highest BCUT2D eigenvalue weighted by Crippen LogP contribution is 2.19. The van der Waals surface area contributed by atoms with Crippen molar-refractivity contribution in [2.75, 3.05) is 12.0 Å². The van der Waals surface area contributed by atoms with Crippen molar-refractivity contribution in [2.45, 2.75) is 24.8 Å². The Morgan fingerprint density at radius 3 is 2.85 bits per heavy atom. The van der Waals surface area contributed by atoms with E-state index < -0.39 is 26.9 Å². The maximum absolute atomic E-state index is 12.2. The molecule has 2 heterocycles. The topological polar surface area (TPSA) is 102 Å². The number of hydrogen-bond acceptors (Lipinski definition) is 6. The van der Waals surface area contributed by atoms with Gasteiger partial charge in [-0.25, -0.2) is 18.1 Å². The summed E-state index contributed by atoms with van der Waals surface area (Å²) in [6, 6.07) is 1.04. The molecular weight excluding hydrogens is 302 g/mol. The van der Waals surface area contributed by atoms with E-state index in [4.69, 9.17) is 4.52 Å². The monoisotopic (exact) mass is 317 g/mol. The Kier molecular flexibility index (Phi) is 4.21. The van der Waals surface area contributed by atoms with Crippen LogP contribution in [0, 0.1) is 6.92 Å². The Morgan fingerprint density at radius 1 is 1.50 bits per heavy atom. The molecule has 7 nitrogen and oxygen atoms in total. The van der Waals surface area contributed by atoms with Gasteiger partial charge in [-0.1, -0.05) is 5.16 Å². The Morgan fingerprint density at radius 2 is 2.20 bits per heavy atom. The molecule has 2 aromatic heterocycles. The molecule has 0 aromatic carbocycles. The average molecular weight is 317 g/mol. The van der Waals surface area contributed by atoms with E-state index in [9.17, 15) is 12.6 Å². The number of nitrogens with zero attached hydrogens (tertiary/aromatic N) is 2. The third-order valence-corrected chi connectivity index (χ3v) is 5.16. The second-order valence-corrected chi connectivity index (χ2v) is 7.75. The van der Waals surface area contributed by atoms with Gasteiger partial charge in [-0.05, 0) is 19.9 Å². The van der Waals surface area contributed by atoms with Crippen molar-refractivity contribution in [1.82, 2.24) is 14.9 Å². The summed E-state index contributed by atoms with van der Waals surface area (Å²) < 4.78 is 42.9. The van der Waals surface area contributed by atoms with Crippen LogP contribution >= 0.6 is 0 Å². The summed E-state index contributed by atoms with van der Waals surface area (Å²) in [5.41, 5.74) is 0.872.